The molecule has 108 valence electrons. The molecule has 0 atom stereocenters. The van der Waals surface area contributed by atoms with Crippen molar-refractivity contribution in [1.82, 2.24) is 14.8 Å². The summed E-state index contributed by atoms with van der Waals surface area (Å²) >= 11 is 0. The van der Waals surface area contributed by atoms with Gasteiger partial charge in [-0.25, -0.2) is 4.98 Å². The first-order valence-electron chi connectivity index (χ1n) is 6.51. The fourth-order valence-electron chi connectivity index (χ4n) is 1.80. The number of aromatic nitrogens is 3. The van der Waals surface area contributed by atoms with Gasteiger partial charge in [0.25, 0.3) is 0 Å². The van der Waals surface area contributed by atoms with Crippen LogP contribution in [-0.2, 0) is 11.3 Å². The van der Waals surface area contributed by atoms with Crippen molar-refractivity contribution in [3.8, 4) is 11.8 Å². The number of hydrogen-bond acceptors (Lipinski definition) is 4. The molecule has 1 aromatic carbocycles. The molecule has 0 saturated heterocycles. The number of nitrogens with zero attached hydrogens (tertiary/aromatic N) is 3. The lowest BCUT2D eigenvalue weighted by Gasteiger charge is -2.08. The van der Waals surface area contributed by atoms with E-state index in [1.807, 2.05) is 25.1 Å². The third-order valence-electron chi connectivity index (χ3n) is 2.85. The predicted octanol–water partition coefficient (Wildman–Crippen LogP) is 0.959. The first-order chi connectivity index (χ1) is 10.2. The summed E-state index contributed by atoms with van der Waals surface area (Å²) < 4.78 is 1.61. The standard InChI is InChI=1S/C15H16N4O2/c1-12-9-13(3-2-8-20)4-5-14(12)18-15(21)6-7-19-11-16-10-17-19/h4-5,9-11,20H,6-8H2,1H3,(H,18,21). The number of rotatable bonds is 4. The maximum absolute atomic E-state index is 11.9. The van der Waals surface area contributed by atoms with Crippen LogP contribution in [0.25, 0.3) is 0 Å². The molecule has 0 radical (unpaired) electrons. The summed E-state index contributed by atoms with van der Waals surface area (Å²) in [5.41, 5.74) is 2.49. The van der Waals surface area contributed by atoms with Crippen LogP contribution in [0.1, 0.15) is 17.5 Å². The van der Waals surface area contributed by atoms with Crippen LogP contribution in [0.4, 0.5) is 5.69 Å². The van der Waals surface area contributed by atoms with E-state index in [4.69, 9.17) is 5.11 Å². The minimum atomic E-state index is -0.167. The molecule has 0 aliphatic carbocycles. The van der Waals surface area contributed by atoms with E-state index in [0.29, 0.717) is 13.0 Å². The van der Waals surface area contributed by atoms with E-state index in [0.717, 1.165) is 16.8 Å². The number of benzene rings is 1. The molecular weight excluding hydrogens is 268 g/mol. The van der Waals surface area contributed by atoms with Crippen LogP contribution in [0.15, 0.2) is 30.9 Å². The number of aliphatic hydroxyl groups excluding tert-OH is 1. The van der Waals surface area contributed by atoms with Gasteiger partial charge in [0.1, 0.15) is 19.3 Å². The highest BCUT2D eigenvalue weighted by atomic mass is 16.2. The molecule has 0 saturated carbocycles. The van der Waals surface area contributed by atoms with Crippen LogP contribution in [-0.4, -0.2) is 32.4 Å². The van der Waals surface area contributed by atoms with E-state index in [1.54, 1.807) is 11.0 Å². The molecule has 1 amide bonds. The number of carbonyl (C=O) groups is 1. The van der Waals surface area contributed by atoms with E-state index >= 15 is 0 Å². The molecule has 2 aromatic rings. The minimum Gasteiger partial charge on any atom is -0.384 e. The zero-order chi connectivity index (χ0) is 15.1. The van der Waals surface area contributed by atoms with Crippen molar-refractivity contribution < 1.29 is 9.90 Å². The van der Waals surface area contributed by atoms with Crippen LogP contribution < -0.4 is 5.32 Å². The Bertz CT molecular complexity index is 669. The van der Waals surface area contributed by atoms with Gasteiger partial charge in [-0.15, -0.1) is 0 Å². The third-order valence-corrected chi connectivity index (χ3v) is 2.85. The Morgan fingerprint density at radius 2 is 2.33 bits per heavy atom. The second-order valence-electron chi connectivity index (χ2n) is 4.45. The van der Waals surface area contributed by atoms with Gasteiger partial charge in [0.15, 0.2) is 0 Å². The normalized spacial score (nSPS) is 9.81. The zero-order valence-corrected chi connectivity index (χ0v) is 11.7. The molecule has 0 bridgehead atoms. The second kappa shape index (κ2) is 7.22. The van der Waals surface area contributed by atoms with E-state index in [1.165, 1.54) is 6.33 Å². The van der Waals surface area contributed by atoms with Gasteiger partial charge in [-0.1, -0.05) is 11.8 Å². The van der Waals surface area contributed by atoms with Gasteiger partial charge >= 0.3 is 0 Å². The molecule has 0 aliphatic heterocycles. The summed E-state index contributed by atoms with van der Waals surface area (Å²) in [6, 6.07) is 5.49. The van der Waals surface area contributed by atoms with Crippen molar-refractivity contribution in [3.05, 3.63) is 42.0 Å². The molecule has 21 heavy (non-hydrogen) atoms. The lowest BCUT2D eigenvalue weighted by atomic mass is 10.1. The lowest BCUT2D eigenvalue weighted by molar-refractivity contribution is -0.116. The minimum absolute atomic E-state index is 0.0807. The van der Waals surface area contributed by atoms with Gasteiger partial charge in [0.2, 0.25) is 5.91 Å². The van der Waals surface area contributed by atoms with Crippen LogP contribution in [0.2, 0.25) is 0 Å². The first kappa shape index (κ1) is 14.8. The van der Waals surface area contributed by atoms with Crippen LogP contribution in [0.5, 0.6) is 0 Å². The molecule has 6 nitrogen and oxygen atoms in total. The summed E-state index contributed by atoms with van der Waals surface area (Å²) in [7, 11) is 0. The Balaban J connectivity index is 1.94. The summed E-state index contributed by atoms with van der Waals surface area (Å²) in [6.45, 7) is 2.22. The summed E-state index contributed by atoms with van der Waals surface area (Å²) in [4.78, 5) is 15.7. The van der Waals surface area contributed by atoms with Gasteiger partial charge in [-0.2, -0.15) is 5.10 Å². The average Bonchev–Trinajstić information content (AvgIpc) is 2.99. The van der Waals surface area contributed by atoms with E-state index < -0.39 is 0 Å². The maximum atomic E-state index is 11.9. The molecule has 1 aromatic heterocycles. The number of amides is 1. The van der Waals surface area contributed by atoms with Gasteiger partial charge in [-0.3, -0.25) is 9.48 Å². The smallest absolute Gasteiger partial charge is 0.226 e. The Morgan fingerprint density at radius 1 is 1.48 bits per heavy atom. The number of aliphatic hydroxyl groups is 1. The summed E-state index contributed by atoms with van der Waals surface area (Å²) in [6.07, 6.45) is 3.34. The molecule has 0 fully saturated rings. The Kier molecular flexibility index (Phi) is 5.07. The number of nitrogens with one attached hydrogen (secondary N) is 1. The molecule has 0 spiro atoms. The van der Waals surface area contributed by atoms with Gasteiger partial charge in [-0.05, 0) is 30.7 Å². The zero-order valence-electron chi connectivity index (χ0n) is 11.7. The van der Waals surface area contributed by atoms with Crippen LogP contribution in [0.3, 0.4) is 0 Å². The van der Waals surface area contributed by atoms with Gasteiger partial charge in [0.05, 0.1) is 6.54 Å². The second-order valence-corrected chi connectivity index (χ2v) is 4.45. The summed E-state index contributed by atoms with van der Waals surface area (Å²) in [5.74, 6) is 5.34. The van der Waals surface area contributed by atoms with E-state index in [2.05, 4.69) is 27.2 Å². The van der Waals surface area contributed by atoms with Gasteiger partial charge < -0.3 is 10.4 Å². The first-order valence-corrected chi connectivity index (χ1v) is 6.51. The molecule has 2 rings (SSSR count). The number of anilines is 1. The highest BCUT2D eigenvalue weighted by molar-refractivity contribution is 5.91. The van der Waals surface area contributed by atoms with Crippen LogP contribution >= 0.6 is 0 Å². The lowest BCUT2D eigenvalue weighted by Crippen LogP contribution is -2.15. The van der Waals surface area contributed by atoms with Crippen molar-refractivity contribution in [2.75, 3.05) is 11.9 Å². The van der Waals surface area contributed by atoms with Crippen molar-refractivity contribution in [2.45, 2.75) is 19.9 Å². The highest BCUT2D eigenvalue weighted by Gasteiger charge is 2.05. The molecule has 1 heterocycles. The highest BCUT2D eigenvalue weighted by Crippen LogP contribution is 2.16. The quantitative estimate of drug-likeness (QED) is 0.820. The predicted molar refractivity (Wildman–Crippen MR) is 78.4 cm³/mol. The van der Waals surface area contributed by atoms with Crippen molar-refractivity contribution in [2.24, 2.45) is 0 Å². The largest absolute Gasteiger partial charge is 0.384 e. The number of carbonyl (C=O) groups excluding carboxylic acids is 1. The SMILES string of the molecule is Cc1cc(C#CCO)ccc1NC(=O)CCn1cncn1. The topological polar surface area (TPSA) is 80.0 Å². The van der Waals surface area contributed by atoms with E-state index in [9.17, 15) is 4.79 Å². The Hall–Kier alpha value is -2.65. The third kappa shape index (κ3) is 4.44. The fourth-order valence-corrected chi connectivity index (χ4v) is 1.80. The molecule has 0 unspecified atom stereocenters. The summed E-state index contributed by atoms with van der Waals surface area (Å²) in [5, 5.41) is 15.5. The molecular formula is C15H16N4O2. The monoisotopic (exact) mass is 284 g/mol. The van der Waals surface area contributed by atoms with Crippen molar-refractivity contribution in [3.63, 3.8) is 0 Å². The molecule has 2 N–H and O–H groups in total. The maximum Gasteiger partial charge on any atom is 0.226 e. The van der Waals surface area contributed by atoms with Crippen molar-refractivity contribution in [1.29, 1.82) is 0 Å². The van der Waals surface area contributed by atoms with Gasteiger partial charge in [0, 0.05) is 17.7 Å². The Labute approximate surface area is 122 Å². The number of hydrogen-bond donors (Lipinski definition) is 2. The van der Waals surface area contributed by atoms with E-state index in [-0.39, 0.29) is 12.5 Å². The molecule has 0 aliphatic rings. The molecule has 6 heteroatoms. The van der Waals surface area contributed by atoms with Crippen molar-refractivity contribution >= 4 is 11.6 Å². The average molecular weight is 284 g/mol. The van der Waals surface area contributed by atoms with Crippen LogP contribution in [0, 0.1) is 18.8 Å². The Morgan fingerprint density at radius 3 is 3.00 bits per heavy atom. The number of aryl methyl sites for hydroxylation is 2. The fraction of sp³-hybridized carbons (Fsp3) is 0.267.